The molecular formula is C12H13BrN2O3. The zero-order valence-electron chi connectivity index (χ0n) is 9.81. The van der Waals surface area contributed by atoms with Crippen LogP contribution in [0.1, 0.15) is 23.2 Å². The Kier molecular flexibility index (Phi) is 3.56. The molecular weight excluding hydrogens is 300 g/mol. The number of urea groups is 1. The number of aromatic carboxylic acids is 1. The molecule has 2 amide bonds. The average Bonchev–Trinajstić information content (AvgIpc) is 3.14. The fourth-order valence-corrected chi connectivity index (χ4v) is 2.06. The molecule has 0 bridgehead atoms. The van der Waals surface area contributed by atoms with Crippen molar-refractivity contribution in [1.82, 2.24) is 4.90 Å². The molecule has 1 aromatic carbocycles. The van der Waals surface area contributed by atoms with Gasteiger partial charge in [-0.25, -0.2) is 9.59 Å². The second-order valence-corrected chi connectivity index (χ2v) is 5.13. The maximum Gasteiger partial charge on any atom is 0.335 e. The predicted octanol–water partition coefficient (Wildman–Crippen LogP) is 2.77. The van der Waals surface area contributed by atoms with Crippen molar-refractivity contribution in [3.8, 4) is 0 Å². The number of nitrogens with zero attached hydrogens (tertiary/aromatic N) is 1. The Morgan fingerprint density at radius 3 is 2.61 bits per heavy atom. The van der Waals surface area contributed by atoms with Crippen LogP contribution in [0, 0.1) is 0 Å². The Labute approximate surface area is 113 Å². The Bertz CT molecular complexity index is 500. The van der Waals surface area contributed by atoms with Crippen LogP contribution >= 0.6 is 15.9 Å². The Balaban J connectivity index is 2.09. The van der Waals surface area contributed by atoms with Gasteiger partial charge in [0.2, 0.25) is 0 Å². The molecule has 5 nitrogen and oxygen atoms in total. The summed E-state index contributed by atoms with van der Waals surface area (Å²) in [6.07, 6.45) is 2.09. The van der Waals surface area contributed by atoms with Gasteiger partial charge in [-0.15, -0.1) is 0 Å². The number of rotatable bonds is 3. The number of hydrogen-bond donors (Lipinski definition) is 2. The van der Waals surface area contributed by atoms with Crippen LogP contribution < -0.4 is 5.32 Å². The van der Waals surface area contributed by atoms with E-state index in [9.17, 15) is 9.59 Å². The number of carboxylic acids is 1. The highest BCUT2D eigenvalue weighted by atomic mass is 79.9. The predicted molar refractivity (Wildman–Crippen MR) is 70.9 cm³/mol. The average molecular weight is 313 g/mol. The van der Waals surface area contributed by atoms with E-state index in [-0.39, 0.29) is 11.6 Å². The standard InChI is InChI=1S/C12H13BrN2O3/c1-15(8-3-4-8)12(18)14-10-5-2-7(11(16)17)6-9(10)13/h2,5-6,8H,3-4H2,1H3,(H,14,18)(H,16,17). The first kappa shape index (κ1) is 12.9. The fourth-order valence-electron chi connectivity index (χ4n) is 1.58. The van der Waals surface area contributed by atoms with Crippen molar-refractivity contribution < 1.29 is 14.7 Å². The molecule has 0 radical (unpaired) electrons. The molecule has 1 saturated carbocycles. The van der Waals surface area contributed by atoms with E-state index in [1.165, 1.54) is 12.1 Å². The second kappa shape index (κ2) is 4.97. The van der Waals surface area contributed by atoms with Gasteiger partial charge in [-0.2, -0.15) is 0 Å². The van der Waals surface area contributed by atoms with Crippen LogP contribution in [0.4, 0.5) is 10.5 Å². The second-order valence-electron chi connectivity index (χ2n) is 4.27. The molecule has 0 spiro atoms. The zero-order chi connectivity index (χ0) is 13.3. The van der Waals surface area contributed by atoms with E-state index in [0.717, 1.165) is 12.8 Å². The normalized spacial score (nSPS) is 14.1. The SMILES string of the molecule is CN(C(=O)Nc1ccc(C(=O)O)cc1Br)C1CC1. The lowest BCUT2D eigenvalue weighted by Crippen LogP contribution is -2.33. The molecule has 2 N–H and O–H groups in total. The van der Waals surface area contributed by atoms with E-state index < -0.39 is 5.97 Å². The molecule has 0 unspecified atom stereocenters. The van der Waals surface area contributed by atoms with Crippen molar-refractivity contribution in [2.75, 3.05) is 12.4 Å². The monoisotopic (exact) mass is 312 g/mol. The number of carbonyl (C=O) groups excluding carboxylic acids is 1. The summed E-state index contributed by atoms with van der Waals surface area (Å²) in [5.41, 5.74) is 0.743. The Morgan fingerprint density at radius 2 is 2.11 bits per heavy atom. The zero-order valence-corrected chi connectivity index (χ0v) is 11.4. The molecule has 2 rings (SSSR count). The summed E-state index contributed by atoms with van der Waals surface area (Å²) in [6, 6.07) is 4.66. The largest absolute Gasteiger partial charge is 0.478 e. The number of hydrogen-bond acceptors (Lipinski definition) is 2. The Morgan fingerprint density at radius 1 is 1.44 bits per heavy atom. The Hall–Kier alpha value is -1.56. The van der Waals surface area contributed by atoms with Crippen LogP contribution in [0.15, 0.2) is 22.7 Å². The number of halogens is 1. The lowest BCUT2D eigenvalue weighted by atomic mass is 10.2. The van der Waals surface area contributed by atoms with Crippen molar-refractivity contribution in [2.45, 2.75) is 18.9 Å². The summed E-state index contributed by atoms with van der Waals surface area (Å²) >= 11 is 3.25. The van der Waals surface area contributed by atoms with Gasteiger partial charge < -0.3 is 15.3 Å². The van der Waals surface area contributed by atoms with Gasteiger partial charge in [0.05, 0.1) is 11.3 Å². The number of benzene rings is 1. The van der Waals surface area contributed by atoms with Crippen molar-refractivity contribution >= 4 is 33.6 Å². The minimum Gasteiger partial charge on any atom is -0.478 e. The van der Waals surface area contributed by atoms with E-state index in [1.807, 2.05) is 0 Å². The summed E-state index contributed by atoms with van der Waals surface area (Å²) in [5, 5.41) is 11.6. The number of carbonyl (C=O) groups is 2. The summed E-state index contributed by atoms with van der Waals surface area (Å²) in [4.78, 5) is 24.3. The van der Waals surface area contributed by atoms with Crippen molar-refractivity contribution in [2.24, 2.45) is 0 Å². The molecule has 0 aliphatic heterocycles. The highest BCUT2D eigenvalue weighted by molar-refractivity contribution is 9.10. The lowest BCUT2D eigenvalue weighted by molar-refractivity contribution is 0.0697. The first-order valence-electron chi connectivity index (χ1n) is 5.55. The quantitative estimate of drug-likeness (QED) is 0.901. The van der Waals surface area contributed by atoms with Gasteiger partial charge in [-0.1, -0.05) is 0 Å². The number of anilines is 1. The molecule has 1 aliphatic rings. The van der Waals surface area contributed by atoms with Gasteiger partial charge in [0.25, 0.3) is 0 Å². The fraction of sp³-hybridized carbons (Fsp3) is 0.333. The lowest BCUT2D eigenvalue weighted by Gasteiger charge is -2.17. The van der Waals surface area contributed by atoms with E-state index in [4.69, 9.17) is 5.11 Å². The van der Waals surface area contributed by atoms with Crippen molar-refractivity contribution in [3.05, 3.63) is 28.2 Å². The topological polar surface area (TPSA) is 69.6 Å². The van der Waals surface area contributed by atoms with E-state index >= 15 is 0 Å². The molecule has 0 heterocycles. The van der Waals surface area contributed by atoms with Gasteiger partial charge in [0.1, 0.15) is 0 Å². The van der Waals surface area contributed by atoms with Gasteiger partial charge in [0.15, 0.2) is 0 Å². The number of amides is 2. The molecule has 1 aromatic rings. The van der Waals surface area contributed by atoms with Gasteiger partial charge in [-0.05, 0) is 47.0 Å². The van der Waals surface area contributed by atoms with Crippen LogP contribution in [0.25, 0.3) is 0 Å². The number of carboxylic acid groups (broad SMARTS) is 1. The highest BCUT2D eigenvalue weighted by Gasteiger charge is 2.29. The molecule has 0 atom stereocenters. The molecule has 0 saturated heterocycles. The first-order valence-corrected chi connectivity index (χ1v) is 6.35. The first-order chi connectivity index (χ1) is 8.49. The molecule has 6 heteroatoms. The van der Waals surface area contributed by atoms with Crippen molar-refractivity contribution in [1.29, 1.82) is 0 Å². The summed E-state index contributed by atoms with van der Waals surface area (Å²) in [5.74, 6) is -0.997. The molecule has 1 aliphatic carbocycles. The third-order valence-corrected chi connectivity index (χ3v) is 3.53. The number of nitrogens with one attached hydrogen (secondary N) is 1. The molecule has 1 fully saturated rings. The molecule has 0 aromatic heterocycles. The maximum atomic E-state index is 11.8. The molecule has 96 valence electrons. The minimum atomic E-state index is -0.997. The van der Waals surface area contributed by atoms with Gasteiger partial charge in [-0.3, -0.25) is 0 Å². The van der Waals surface area contributed by atoms with E-state index in [1.54, 1.807) is 18.0 Å². The van der Waals surface area contributed by atoms with Crippen LogP contribution in [0.5, 0.6) is 0 Å². The van der Waals surface area contributed by atoms with E-state index in [2.05, 4.69) is 21.2 Å². The minimum absolute atomic E-state index is 0.176. The van der Waals surface area contributed by atoms with Gasteiger partial charge >= 0.3 is 12.0 Å². The highest BCUT2D eigenvalue weighted by Crippen LogP contribution is 2.28. The van der Waals surface area contributed by atoms with Crippen LogP contribution in [-0.4, -0.2) is 35.1 Å². The van der Waals surface area contributed by atoms with Crippen molar-refractivity contribution in [3.63, 3.8) is 0 Å². The third-order valence-electron chi connectivity index (χ3n) is 2.87. The summed E-state index contributed by atoms with van der Waals surface area (Å²) in [7, 11) is 1.76. The summed E-state index contributed by atoms with van der Waals surface area (Å²) < 4.78 is 0.556. The smallest absolute Gasteiger partial charge is 0.335 e. The maximum absolute atomic E-state index is 11.8. The van der Waals surface area contributed by atoms with Gasteiger partial charge in [0, 0.05) is 17.6 Å². The summed E-state index contributed by atoms with van der Waals surface area (Å²) in [6.45, 7) is 0. The van der Waals surface area contributed by atoms with Crippen LogP contribution in [0.2, 0.25) is 0 Å². The van der Waals surface area contributed by atoms with E-state index in [0.29, 0.717) is 16.2 Å². The van der Waals surface area contributed by atoms with Crippen LogP contribution in [-0.2, 0) is 0 Å². The molecule has 18 heavy (non-hydrogen) atoms. The van der Waals surface area contributed by atoms with Crippen LogP contribution in [0.3, 0.4) is 0 Å². The third kappa shape index (κ3) is 2.81.